The van der Waals surface area contributed by atoms with Gasteiger partial charge < -0.3 is 20.5 Å². The number of urea groups is 1. The zero-order chi connectivity index (χ0) is 15.2. The van der Waals surface area contributed by atoms with Crippen molar-refractivity contribution in [3.05, 3.63) is 24.3 Å². The molecule has 0 spiro atoms. The summed E-state index contributed by atoms with van der Waals surface area (Å²) in [4.78, 5) is 21.5. The number of carbonyl (C=O) groups excluding carboxylic acids is 1. The Morgan fingerprint density at radius 2 is 2.00 bits per heavy atom. The molecule has 0 bridgehead atoms. The number of carboxylic acids is 1. The van der Waals surface area contributed by atoms with Crippen LogP contribution in [0.15, 0.2) is 24.3 Å². The maximum Gasteiger partial charge on any atom is 0.573 e. The second-order valence-electron chi connectivity index (χ2n) is 3.60. The normalized spacial score (nSPS) is 10.8. The van der Waals surface area contributed by atoms with Gasteiger partial charge in [-0.05, 0) is 12.1 Å². The molecule has 0 saturated carbocycles. The summed E-state index contributed by atoms with van der Waals surface area (Å²) in [6.45, 7) is -0.0973. The Balaban J connectivity index is 2.53. The highest BCUT2D eigenvalue weighted by Crippen LogP contribution is 2.24. The van der Waals surface area contributed by atoms with Crippen molar-refractivity contribution in [2.24, 2.45) is 0 Å². The molecule has 20 heavy (non-hydrogen) atoms. The van der Waals surface area contributed by atoms with Crippen LogP contribution >= 0.6 is 0 Å². The van der Waals surface area contributed by atoms with Gasteiger partial charge in [-0.1, -0.05) is 6.07 Å². The molecule has 9 heteroatoms. The summed E-state index contributed by atoms with van der Waals surface area (Å²) >= 11 is 0. The lowest BCUT2D eigenvalue weighted by Gasteiger charge is -2.11. The number of anilines is 1. The van der Waals surface area contributed by atoms with Gasteiger partial charge in [0.1, 0.15) is 5.75 Å². The van der Waals surface area contributed by atoms with Gasteiger partial charge in [0.15, 0.2) is 0 Å². The fourth-order valence-electron chi connectivity index (χ4n) is 1.23. The van der Waals surface area contributed by atoms with Gasteiger partial charge in [-0.3, -0.25) is 4.79 Å². The number of benzene rings is 1. The molecule has 0 unspecified atom stereocenters. The zero-order valence-electron chi connectivity index (χ0n) is 10.0. The number of nitrogens with one attached hydrogen (secondary N) is 2. The molecule has 110 valence electrons. The molecule has 0 aliphatic rings. The van der Waals surface area contributed by atoms with E-state index in [-0.39, 0.29) is 18.7 Å². The number of carboxylic acid groups (broad SMARTS) is 1. The lowest BCUT2D eigenvalue weighted by Crippen LogP contribution is -2.30. The van der Waals surface area contributed by atoms with Crippen molar-refractivity contribution in [3.63, 3.8) is 0 Å². The summed E-state index contributed by atoms with van der Waals surface area (Å²) in [5, 5.41) is 12.9. The minimum Gasteiger partial charge on any atom is -0.481 e. The molecule has 1 aromatic rings. The van der Waals surface area contributed by atoms with E-state index >= 15 is 0 Å². The first-order chi connectivity index (χ1) is 9.26. The highest BCUT2D eigenvalue weighted by Gasteiger charge is 2.31. The largest absolute Gasteiger partial charge is 0.573 e. The fourth-order valence-corrected chi connectivity index (χ4v) is 1.23. The molecular weight excluding hydrogens is 281 g/mol. The van der Waals surface area contributed by atoms with E-state index in [2.05, 4.69) is 15.4 Å². The van der Waals surface area contributed by atoms with Crippen LogP contribution in [-0.4, -0.2) is 30.0 Å². The molecule has 6 nitrogen and oxygen atoms in total. The van der Waals surface area contributed by atoms with Crippen molar-refractivity contribution in [2.75, 3.05) is 11.9 Å². The van der Waals surface area contributed by atoms with Gasteiger partial charge in [-0.15, -0.1) is 13.2 Å². The highest BCUT2D eigenvalue weighted by molar-refractivity contribution is 5.89. The van der Waals surface area contributed by atoms with E-state index in [1.165, 1.54) is 12.1 Å². The summed E-state index contributed by atoms with van der Waals surface area (Å²) < 4.78 is 39.7. The Labute approximate surface area is 111 Å². The van der Waals surface area contributed by atoms with Crippen molar-refractivity contribution in [1.82, 2.24) is 5.32 Å². The average Bonchev–Trinajstić information content (AvgIpc) is 2.26. The number of amides is 2. The molecule has 0 atom stereocenters. The van der Waals surface area contributed by atoms with Crippen LogP contribution in [0.3, 0.4) is 0 Å². The standard InChI is InChI=1S/C11H11F3N2O4/c12-11(13,14)20-8-3-1-2-7(6-8)16-10(19)15-5-4-9(17)18/h1-3,6H,4-5H2,(H,17,18)(H2,15,16,19). The molecule has 0 aliphatic heterocycles. The second-order valence-corrected chi connectivity index (χ2v) is 3.60. The maximum absolute atomic E-state index is 12.0. The van der Waals surface area contributed by atoms with Gasteiger partial charge in [-0.25, -0.2) is 4.79 Å². The average molecular weight is 292 g/mol. The Morgan fingerprint density at radius 1 is 1.30 bits per heavy atom. The lowest BCUT2D eigenvalue weighted by atomic mass is 10.3. The first kappa shape index (κ1) is 15.6. The predicted molar refractivity (Wildman–Crippen MR) is 62.4 cm³/mol. The van der Waals surface area contributed by atoms with Gasteiger partial charge >= 0.3 is 18.4 Å². The van der Waals surface area contributed by atoms with Gasteiger partial charge in [0.25, 0.3) is 0 Å². The monoisotopic (exact) mass is 292 g/mol. The van der Waals surface area contributed by atoms with Crippen LogP contribution in [0.4, 0.5) is 23.7 Å². The number of aliphatic carboxylic acids is 1. The Hall–Kier alpha value is -2.45. The number of halogens is 3. The molecule has 1 aromatic carbocycles. The van der Waals surface area contributed by atoms with E-state index in [1.807, 2.05) is 0 Å². The molecule has 3 N–H and O–H groups in total. The molecule has 0 heterocycles. The minimum absolute atomic E-state index is 0.0829. The third kappa shape index (κ3) is 6.47. The summed E-state index contributed by atoms with van der Waals surface area (Å²) in [7, 11) is 0. The molecule has 0 radical (unpaired) electrons. The van der Waals surface area contributed by atoms with Crippen molar-refractivity contribution < 1.29 is 32.6 Å². The van der Waals surface area contributed by atoms with Gasteiger partial charge in [-0.2, -0.15) is 0 Å². The van der Waals surface area contributed by atoms with Crippen molar-refractivity contribution in [1.29, 1.82) is 0 Å². The maximum atomic E-state index is 12.0. The Kier molecular flexibility index (Phi) is 5.18. The van der Waals surface area contributed by atoms with E-state index in [4.69, 9.17) is 5.11 Å². The van der Waals surface area contributed by atoms with Crippen LogP contribution in [0, 0.1) is 0 Å². The second kappa shape index (κ2) is 6.64. The first-order valence-corrected chi connectivity index (χ1v) is 5.39. The van der Waals surface area contributed by atoms with Crippen LogP contribution < -0.4 is 15.4 Å². The molecule has 0 aromatic heterocycles. The molecule has 0 saturated heterocycles. The first-order valence-electron chi connectivity index (χ1n) is 5.39. The third-order valence-electron chi connectivity index (χ3n) is 1.95. The van der Waals surface area contributed by atoms with Crippen LogP contribution in [0.5, 0.6) is 5.75 Å². The number of rotatable bonds is 5. The third-order valence-corrected chi connectivity index (χ3v) is 1.95. The van der Waals surface area contributed by atoms with Crippen LogP contribution in [-0.2, 0) is 4.79 Å². The van der Waals surface area contributed by atoms with E-state index in [0.29, 0.717) is 0 Å². The van der Waals surface area contributed by atoms with Crippen molar-refractivity contribution >= 4 is 17.7 Å². The quantitative estimate of drug-likeness (QED) is 0.776. The Bertz CT molecular complexity index is 491. The Morgan fingerprint density at radius 3 is 2.60 bits per heavy atom. The van der Waals surface area contributed by atoms with Gasteiger partial charge in [0.2, 0.25) is 0 Å². The summed E-state index contributed by atoms with van der Waals surface area (Å²) in [6.07, 6.45) is -5.08. The number of hydrogen-bond acceptors (Lipinski definition) is 3. The van der Waals surface area contributed by atoms with E-state index < -0.39 is 24.1 Å². The predicted octanol–water partition coefficient (Wildman–Crippen LogP) is 2.18. The molecule has 2 amide bonds. The summed E-state index contributed by atoms with van der Waals surface area (Å²) in [6, 6.07) is 3.98. The van der Waals surface area contributed by atoms with Crippen molar-refractivity contribution in [2.45, 2.75) is 12.8 Å². The van der Waals surface area contributed by atoms with Crippen molar-refractivity contribution in [3.8, 4) is 5.75 Å². The molecule has 0 aliphatic carbocycles. The number of carbonyl (C=O) groups is 2. The van der Waals surface area contributed by atoms with Crippen LogP contribution in [0.2, 0.25) is 0 Å². The van der Waals surface area contributed by atoms with Gasteiger partial charge in [0, 0.05) is 18.3 Å². The minimum atomic E-state index is -4.82. The number of alkyl halides is 3. The van der Waals surface area contributed by atoms with Gasteiger partial charge in [0.05, 0.1) is 6.42 Å². The SMILES string of the molecule is O=C(O)CCNC(=O)Nc1cccc(OC(F)(F)F)c1. The summed E-state index contributed by atoms with van der Waals surface area (Å²) in [5.41, 5.74) is 0.0829. The zero-order valence-corrected chi connectivity index (χ0v) is 10.0. The van der Waals surface area contributed by atoms with E-state index in [1.54, 1.807) is 0 Å². The number of ether oxygens (including phenoxy) is 1. The van der Waals surface area contributed by atoms with Crippen LogP contribution in [0.25, 0.3) is 0 Å². The number of hydrogen-bond donors (Lipinski definition) is 3. The van der Waals surface area contributed by atoms with Crippen LogP contribution in [0.1, 0.15) is 6.42 Å². The highest BCUT2D eigenvalue weighted by atomic mass is 19.4. The molecule has 0 fully saturated rings. The fraction of sp³-hybridized carbons (Fsp3) is 0.273. The molecule has 1 rings (SSSR count). The molecular formula is C11H11F3N2O4. The van der Waals surface area contributed by atoms with E-state index in [9.17, 15) is 22.8 Å². The van der Waals surface area contributed by atoms with E-state index in [0.717, 1.165) is 12.1 Å². The smallest absolute Gasteiger partial charge is 0.481 e. The lowest BCUT2D eigenvalue weighted by molar-refractivity contribution is -0.274. The topological polar surface area (TPSA) is 87.7 Å². The summed E-state index contributed by atoms with van der Waals surface area (Å²) in [5.74, 6) is -1.55.